The summed E-state index contributed by atoms with van der Waals surface area (Å²) in [6.45, 7) is 3.20. The molecule has 1 amide bonds. The second-order valence-corrected chi connectivity index (χ2v) is 10.9. The summed E-state index contributed by atoms with van der Waals surface area (Å²) < 4.78 is 33.0. The zero-order chi connectivity index (χ0) is 24.0. The van der Waals surface area contributed by atoms with Crippen molar-refractivity contribution in [3.05, 3.63) is 76.5 Å². The summed E-state index contributed by atoms with van der Waals surface area (Å²) in [5.41, 5.74) is 1.60. The molecule has 0 spiro atoms. The number of carbonyl (C=O) groups excluding carboxylic acids is 1. The standard InChI is InChI=1S/C25H29N3O4S2/c1-32-22-9-7-21(8-10-22)27-15-3-16-28(18-17-27)25(29)20-5-11-24(12-6-20)34(30,31)26-14-13-23-4-2-19-33-23/h2,4-12,19,26H,3,13-18H2,1H3. The SMILES string of the molecule is COc1ccc(N2CCCN(C(=O)c3ccc(S(=O)(=O)NCCc4cccs4)cc3)CC2)cc1. The van der Waals surface area contributed by atoms with Crippen molar-refractivity contribution in [3.63, 3.8) is 0 Å². The Hall–Kier alpha value is -2.88. The van der Waals surface area contributed by atoms with Gasteiger partial charge in [-0.15, -0.1) is 11.3 Å². The second-order valence-electron chi connectivity index (χ2n) is 8.08. The van der Waals surface area contributed by atoms with E-state index in [0.29, 0.717) is 31.6 Å². The van der Waals surface area contributed by atoms with E-state index in [1.807, 2.05) is 46.7 Å². The zero-order valence-corrected chi connectivity index (χ0v) is 20.8. The topological polar surface area (TPSA) is 79.0 Å². The third kappa shape index (κ3) is 5.97. The highest BCUT2D eigenvalue weighted by molar-refractivity contribution is 7.89. The van der Waals surface area contributed by atoms with Gasteiger partial charge in [0.2, 0.25) is 10.0 Å². The molecule has 2 aromatic carbocycles. The number of amides is 1. The maximum absolute atomic E-state index is 13.1. The molecule has 1 aromatic heterocycles. The van der Waals surface area contributed by atoms with Gasteiger partial charge in [0.15, 0.2) is 0 Å². The fourth-order valence-electron chi connectivity index (χ4n) is 3.98. The lowest BCUT2D eigenvalue weighted by atomic mass is 10.2. The molecule has 4 rings (SSSR count). The van der Waals surface area contributed by atoms with Gasteiger partial charge in [0.25, 0.3) is 5.91 Å². The Morgan fingerprint density at radius 1 is 1.00 bits per heavy atom. The molecule has 9 heteroatoms. The number of thiophene rings is 1. The predicted octanol–water partition coefficient (Wildman–Crippen LogP) is 3.63. The number of methoxy groups -OCH3 is 1. The predicted molar refractivity (Wildman–Crippen MR) is 135 cm³/mol. The first-order valence-corrected chi connectivity index (χ1v) is 13.6. The Kier molecular flexibility index (Phi) is 7.87. The van der Waals surface area contributed by atoms with Crippen LogP contribution in [0.15, 0.2) is 70.9 Å². The van der Waals surface area contributed by atoms with Gasteiger partial charge in [0.1, 0.15) is 5.75 Å². The lowest BCUT2D eigenvalue weighted by Crippen LogP contribution is -2.35. The third-order valence-corrected chi connectivity index (χ3v) is 8.29. The molecule has 1 fully saturated rings. The summed E-state index contributed by atoms with van der Waals surface area (Å²) in [6.07, 6.45) is 1.51. The second kappa shape index (κ2) is 11.0. The number of hydrogen-bond acceptors (Lipinski definition) is 6. The maximum atomic E-state index is 13.1. The molecule has 0 unspecified atom stereocenters. The van der Waals surface area contributed by atoms with Crippen LogP contribution >= 0.6 is 11.3 Å². The van der Waals surface area contributed by atoms with Gasteiger partial charge >= 0.3 is 0 Å². The molecule has 1 N–H and O–H groups in total. The van der Waals surface area contributed by atoms with E-state index in [1.165, 1.54) is 12.1 Å². The minimum atomic E-state index is -3.62. The van der Waals surface area contributed by atoms with Crippen LogP contribution in [-0.4, -0.2) is 59.1 Å². The molecule has 34 heavy (non-hydrogen) atoms. The van der Waals surface area contributed by atoms with Crippen molar-refractivity contribution in [2.45, 2.75) is 17.7 Å². The number of rotatable bonds is 8. The van der Waals surface area contributed by atoms with E-state index in [2.05, 4.69) is 9.62 Å². The summed E-state index contributed by atoms with van der Waals surface area (Å²) in [6, 6.07) is 18.1. The largest absolute Gasteiger partial charge is 0.497 e. The van der Waals surface area contributed by atoms with Crippen LogP contribution in [0.3, 0.4) is 0 Å². The summed E-state index contributed by atoms with van der Waals surface area (Å²) in [7, 11) is -1.97. The Balaban J connectivity index is 1.34. The molecule has 2 heterocycles. The number of carbonyl (C=O) groups is 1. The monoisotopic (exact) mass is 499 g/mol. The van der Waals surface area contributed by atoms with Gasteiger partial charge < -0.3 is 14.5 Å². The fraction of sp³-hybridized carbons (Fsp3) is 0.320. The molecule has 1 aliphatic rings. The van der Waals surface area contributed by atoms with Gasteiger partial charge in [0, 0.05) is 48.9 Å². The van der Waals surface area contributed by atoms with E-state index in [0.717, 1.165) is 35.8 Å². The number of nitrogens with zero attached hydrogens (tertiary/aromatic N) is 2. The third-order valence-electron chi connectivity index (χ3n) is 5.88. The molecule has 180 valence electrons. The number of benzene rings is 2. The van der Waals surface area contributed by atoms with Gasteiger partial charge in [-0.1, -0.05) is 6.07 Å². The first-order chi connectivity index (χ1) is 16.5. The average Bonchev–Trinajstić information content (AvgIpc) is 3.26. The number of sulfonamides is 1. The van der Waals surface area contributed by atoms with Crippen LogP contribution in [0, 0.1) is 0 Å². The summed E-state index contributed by atoms with van der Waals surface area (Å²) >= 11 is 1.60. The first kappa shape index (κ1) is 24.3. The van der Waals surface area contributed by atoms with Crippen LogP contribution in [0.25, 0.3) is 0 Å². The Morgan fingerprint density at radius 2 is 1.76 bits per heavy atom. The normalized spacial score (nSPS) is 14.6. The highest BCUT2D eigenvalue weighted by Gasteiger charge is 2.21. The van der Waals surface area contributed by atoms with E-state index < -0.39 is 10.0 Å². The van der Waals surface area contributed by atoms with Crippen LogP contribution in [-0.2, 0) is 16.4 Å². The highest BCUT2D eigenvalue weighted by atomic mass is 32.2. The number of anilines is 1. The van der Waals surface area contributed by atoms with Crippen molar-refractivity contribution in [2.75, 3.05) is 44.7 Å². The molecular formula is C25H29N3O4S2. The van der Waals surface area contributed by atoms with Crippen molar-refractivity contribution in [3.8, 4) is 5.75 Å². The number of hydrogen-bond donors (Lipinski definition) is 1. The highest BCUT2D eigenvalue weighted by Crippen LogP contribution is 2.21. The van der Waals surface area contributed by atoms with Crippen molar-refractivity contribution in [1.82, 2.24) is 9.62 Å². The smallest absolute Gasteiger partial charge is 0.253 e. The van der Waals surface area contributed by atoms with E-state index in [4.69, 9.17) is 4.74 Å². The molecule has 3 aromatic rings. The summed E-state index contributed by atoms with van der Waals surface area (Å²) in [5, 5.41) is 1.97. The molecule has 0 aliphatic carbocycles. The lowest BCUT2D eigenvalue weighted by molar-refractivity contribution is 0.0767. The summed E-state index contributed by atoms with van der Waals surface area (Å²) in [4.78, 5) is 18.5. The van der Waals surface area contributed by atoms with Crippen LogP contribution in [0.4, 0.5) is 5.69 Å². The van der Waals surface area contributed by atoms with E-state index in [9.17, 15) is 13.2 Å². The van der Waals surface area contributed by atoms with Gasteiger partial charge in [-0.2, -0.15) is 0 Å². The Bertz CT molecular complexity index is 1180. The van der Waals surface area contributed by atoms with Gasteiger partial charge in [-0.25, -0.2) is 13.1 Å². The van der Waals surface area contributed by atoms with Crippen LogP contribution in [0.2, 0.25) is 0 Å². The van der Waals surface area contributed by atoms with Crippen molar-refractivity contribution in [1.29, 1.82) is 0 Å². The molecular weight excluding hydrogens is 470 g/mol. The van der Waals surface area contributed by atoms with E-state index >= 15 is 0 Å². The van der Waals surface area contributed by atoms with E-state index in [1.54, 1.807) is 30.6 Å². The van der Waals surface area contributed by atoms with Crippen LogP contribution < -0.4 is 14.4 Å². The minimum absolute atomic E-state index is 0.0776. The first-order valence-electron chi connectivity index (χ1n) is 11.3. The average molecular weight is 500 g/mol. The van der Waals surface area contributed by atoms with E-state index in [-0.39, 0.29) is 10.8 Å². The van der Waals surface area contributed by atoms with Gasteiger partial charge in [0.05, 0.1) is 12.0 Å². The molecule has 7 nitrogen and oxygen atoms in total. The van der Waals surface area contributed by atoms with Crippen molar-refractivity contribution >= 4 is 33.0 Å². The molecule has 0 bridgehead atoms. The summed E-state index contributed by atoms with van der Waals surface area (Å²) in [5.74, 6) is 0.740. The van der Waals surface area contributed by atoms with Gasteiger partial charge in [-0.05, 0) is 72.8 Å². The number of nitrogens with one attached hydrogen (secondary N) is 1. The van der Waals surface area contributed by atoms with Crippen molar-refractivity contribution < 1.29 is 17.9 Å². The molecule has 0 saturated carbocycles. The van der Waals surface area contributed by atoms with Crippen molar-refractivity contribution in [2.24, 2.45) is 0 Å². The quantitative estimate of drug-likeness (QED) is 0.512. The molecule has 0 atom stereocenters. The maximum Gasteiger partial charge on any atom is 0.253 e. The zero-order valence-electron chi connectivity index (χ0n) is 19.1. The fourth-order valence-corrected chi connectivity index (χ4v) is 5.72. The van der Waals surface area contributed by atoms with Gasteiger partial charge in [-0.3, -0.25) is 4.79 Å². The Morgan fingerprint density at radius 3 is 2.44 bits per heavy atom. The molecule has 1 saturated heterocycles. The Labute approximate surface area is 205 Å². The molecule has 0 radical (unpaired) electrons. The van der Waals surface area contributed by atoms with Crippen LogP contribution in [0.5, 0.6) is 5.75 Å². The minimum Gasteiger partial charge on any atom is -0.497 e. The molecule has 1 aliphatic heterocycles. The van der Waals surface area contributed by atoms with Crippen LogP contribution in [0.1, 0.15) is 21.7 Å². The number of ether oxygens (including phenoxy) is 1. The lowest BCUT2D eigenvalue weighted by Gasteiger charge is -2.24.